The maximum absolute atomic E-state index is 10.7. The minimum absolute atomic E-state index is 0.264. The predicted octanol–water partition coefficient (Wildman–Crippen LogP) is 0.208. The summed E-state index contributed by atoms with van der Waals surface area (Å²) in [7, 11) is 0. The first-order chi connectivity index (χ1) is 7.04. The van der Waals surface area contributed by atoms with Gasteiger partial charge in [-0.3, -0.25) is 4.79 Å². The summed E-state index contributed by atoms with van der Waals surface area (Å²) < 4.78 is 0. The maximum atomic E-state index is 10.7. The highest BCUT2D eigenvalue weighted by atomic mass is 16.4. The highest BCUT2D eigenvalue weighted by Gasteiger charge is 2.17. The number of aryl methyl sites for hydroxylation is 1. The second kappa shape index (κ2) is 4.75. The molecule has 0 unspecified atom stereocenters. The number of aromatic nitrogens is 1. The van der Waals surface area contributed by atoms with E-state index in [1.807, 2.05) is 0 Å². The second-order valence-corrected chi connectivity index (χ2v) is 3.47. The zero-order valence-electron chi connectivity index (χ0n) is 8.47. The molecular weight excluding hydrogens is 196 g/mol. The van der Waals surface area contributed by atoms with Gasteiger partial charge in [0.25, 0.3) is 0 Å². The van der Waals surface area contributed by atoms with Gasteiger partial charge in [-0.1, -0.05) is 6.07 Å². The van der Waals surface area contributed by atoms with Crippen molar-refractivity contribution in [3.05, 3.63) is 23.4 Å². The second-order valence-electron chi connectivity index (χ2n) is 3.47. The average molecular weight is 210 g/mol. The van der Waals surface area contributed by atoms with Crippen LogP contribution in [0.3, 0.4) is 0 Å². The minimum Gasteiger partial charge on any atom is -0.481 e. The number of hydrogen-bond donors (Lipinski definition) is 3. The number of carbonyl (C=O) groups is 1. The van der Waals surface area contributed by atoms with Gasteiger partial charge in [-0.25, -0.2) is 4.98 Å². The molecule has 0 aliphatic heterocycles. The van der Waals surface area contributed by atoms with Gasteiger partial charge in [0.05, 0.1) is 12.5 Å². The number of anilines is 1. The van der Waals surface area contributed by atoms with Crippen molar-refractivity contribution in [3.63, 3.8) is 0 Å². The molecule has 0 aliphatic rings. The lowest BCUT2D eigenvalue weighted by Crippen LogP contribution is -2.20. The normalized spacial score (nSPS) is 12.4. The molecule has 0 spiro atoms. The van der Waals surface area contributed by atoms with Crippen LogP contribution in [-0.4, -0.2) is 27.8 Å². The van der Waals surface area contributed by atoms with E-state index in [1.54, 1.807) is 13.0 Å². The van der Waals surface area contributed by atoms with Crippen LogP contribution >= 0.6 is 0 Å². The molecule has 1 atom stereocenters. The first kappa shape index (κ1) is 11.5. The summed E-state index contributed by atoms with van der Waals surface area (Å²) in [5.41, 5.74) is 7.12. The molecule has 0 amide bonds. The van der Waals surface area contributed by atoms with E-state index in [9.17, 15) is 4.79 Å². The molecule has 0 saturated carbocycles. The maximum Gasteiger partial charge on any atom is 0.309 e. The fourth-order valence-corrected chi connectivity index (χ4v) is 1.27. The summed E-state index contributed by atoms with van der Waals surface area (Å²) in [6.07, 6.45) is 1.80. The first-order valence-electron chi connectivity index (χ1n) is 4.59. The monoisotopic (exact) mass is 210 g/mol. The number of carboxylic acids is 1. The number of nitrogens with zero attached hydrogens (tertiary/aromatic N) is 1. The molecule has 1 rings (SSSR count). The largest absolute Gasteiger partial charge is 0.481 e. The molecule has 0 aromatic carbocycles. The summed E-state index contributed by atoms with van der Waals surface area (Å²) in [5.74, 6) is -1.35. The number of hydrogen-bond acceptors (Lipinski definition) is 4. The fourth-order valence-electron chi connectivity index (χ4n) is 1.27. The van der Waals surface area contributed by atoms with Gasteiger partial charge in [0.2, 0.25) is 0 Å². The van der Waals surface area contributed by atoms with Crippen LogP contribution in [0.25, 0.3) is 0 Å². The number of aliphatic hydroxyl groups is 1. The Bertz CT molecular complexity index is 366. The van der Waals surface area contributed by atoms with Crippen LogP contribution in [-0.2, 0) is 11.2 Å². The van der Waals surface area contributed by atoms with Crippen LogP contribution in [0, 0.1) is 12.8 Å². The molecule has 4 N–H and O–H groups in total. The Morgan fingerprint density at radius 3 is 2.80 bits per heavy atom. The molecule has 0 bridgehead atoms. The number of rotatable bonds is 4. The van der Waals surface area contributed by atoms with E-state index in [2.05, 4.69) is 4.98 Å². The summed E-state index contributed by atoms with van der Waals surface area (Å²) in [5, 5.41) is 17.6. The topological polar surface area (TPSA) is 96.4 Å². The molecule has 0 aliphatic carbocycles. The van der Waals surface area contributed by atoms with Gasteiger partial charge in [-0.05, 0) is 24.5 Å². The van der Waals surface area contributed by atoms with Crippen molar-refractivity contribution in [1.29, 1.82) is 0 Å². The third-order valence-corrected chi connectivity index (χ3v) is 2.23. The first-order valence-corrected chi connectivity index (χ1v) is 4.59. The highest BCUT2D eigenvalue weighted by molar-refractivity contribution is 5.70. The Labute approximate surface area is 87.6 Å². The molecule has 1 aromatic heterocycles. The molecule has 82 valence electrons. The summed E-state index contributed by atoms with van der Waals surface area (Å²) >= 11 is 0. The minimum atomic E-state index is -1.01. The fraction of sp³-hybridized carbons (Fsp3) is 0.400. The van der Waals surface area contributed by atoms with E-state index in [-0.39, 0.29) is 13.0 Å². The third kappa shape index (κ3) is 2.92. The molecule has 0 fully saturated rings. The van der Waals surface area contributed by atoms with Crippen molar-refractivity contribution in [2.45, 2.75) is 13.3 Å². The predicted molar refractivity (Wildman–Crippen MR) is 55.3 cm³/mol. The third-order valence-electron chi connectivity index (χ3n) is 2.23. The van der Waals surface area contributed by atoms with E-state index in [0.29, 0.717) is 5.82 Å². The van der Waals surface area contributed by atoms with Crippen LogP contribution < -0.4 is 5.73 Å². The summed E-state index contributed by atoms with van der Waals surface area (Å²) in [4.78, 5) is 14.6. The quantitative estimate of drug-likeness (QED) is 0.660. The molecular formula is C10H14N2O3. The Balaban J connectivity index is 2.80. The molecule has 5 nitrogen and oxygen atoms in total. The molecule has 15 heavy (non-hydrogen) atoms. The van der Waals surface area contributed by atoms with Crippen LogP contribution in [0.2, 0.25) is 0 Å². The van der Waals surface area contributed by atoms with Crippen molar-refractivity contribution >= 4 is 11.8 Å². The van der Waals surface area contributed by atoms with E-state index in [0.717, 1.165) is 11.1 Å². The van der Waals surface area contributed by atoms with Crippen molar-refractivity contribution in [2.24, 2.45) is 5.92 Å². The number of aliphatic carboxylic acids is 1. The van der Waals surface area contributed by atoms with Crippen molar-refractivity contribution in [3.8, 4) is 0 Å². The average Bonchev–Trinajstić information content (AvgIpc) is 2.19. The van der Waals surface area contributed by atoms with Crippen LogP contribution in [0.5, 0.6) is 0 Å². The van der Waals surface area contributed by atoms with E-state index in [1.165, 1.54) is 6.20 Å². The van der Waals surface area contributed by atoms with Crippen LogP contribution in [0.15, 0.2) is 12.3 Å². The summed E-state index contributed by atoms with van der Waals surface area (Å²) in [6.45, 7) is 1.43. The standard InChI is InChI=1S/C10H14N2O3/c1-6-2-7(4-12-9(6)11)3-8(5-13)10(14)15/h2,4,8,13H,3,5H2,1H3,(H2,11,12)(H,14,15)/t8-/m1/s1. The van der Waals surface area contributed by atoms with Gasteiger partial charge < -0.3 is 15.9 Å². The number of pyridine rings is 1. The van der Waals surface area contributed by atoms with Gasteiger partial charge in [0, 0.05) is 6.20 Å². The Kier molecular flexibility index (Phi) is 3.62. The highest BCUT2D eigenvalue weighted by Crippen LogP contribution is 2.13. The molecule has 5 heteroatoms. The van der Waals surface area contributed by atoms with Gasteiger partial charge in [0.15, 0.2) is 0 Å². The van der Waals surface area contributed by atoms with E-state index >= 15 is 0 Å². The van der Waals surface area contributed by atoms with Crippen LogP contribution in [0.1, 0.15) is 11.1 Å². The lowest BCUT2D eigenvalue weighted by molar-refractivity contribution is -0.143. The molecule has 0 saturated heterocycles. The van der Waals surface area contributed by atoms with Crippen LogP contribution in [0.4, 0.5) is 5.82 Å². The van der Waals surface area contributed by atoms with Gasteiger partial charge in [0.1, 0.15) is 5.82 Å². The SMILES string of the molecule is Cc1cc(C[C@H](CO)C(=O)O)cnc1N. The molecule has 1 heterocycles. The Morgan fingerprint density at radius 2 is 2.33 bits per heavy atom. The summed E-state index contributed by atoms with van der Waals surface area (Å²) in [6, 6.07) is 1.79. The van der Waals surface area contributed by atoms with Crippen molar-refractivity contribution < 1.29 is 15.0 Å². The number of nitrogens with two attached hydrogens (primary N) is 1. The van der Waals surface area contributed by atoms with Gasteiger partial charge in [-0.15, -0.1) is 0 Å². The zero-order valence-corrected chi connectivity index (χ0v) is 8.47. The lowest BCUT2D eigenvalue weighted by Gasteiger charge is -2.09. The Hall–Kier alpha value is -1.62. The molecule has 0 radical (unpaired) electrons. The lowest BCUT2D eigenvalue weighted by atomic mass is 10.0. The number of aliphatic hydroxyl groups excluding tert-OH is 1. The van der Waals surface area contributed by atoms with Crippen molar-refractivity contribution in [2.75, 3.05) is 12.3 Å². The number of carboxylic acid groups (broad SMARTS) is 1. The number of nitrogen functional groups attached to an aromatic ring is 1. The van der Waals surface area contributed by atoms with Gasteiger partial charge in [-0.2, -0.15) is 0 Å². The molecule has 1 aromatic rings. The van der Waals surface area contributed by atoms with E-state index < -0.39 is 11.9 Å². The van der Waals surface area contributed by atoms with E-state index in [4.69, 9.17) is 15.9 Å². The zero-order chi connectivity index (χ0) is 11.4. The smallest absolute Gasteiger partial charge is 0.309 e. The van der Waals surface area contributed by atoms with Gasteiger partial charge >= 0.3 is 5.97 Å². The van der Waals surface area contributed by atoms with Crippen molar-refractivity contribution in [1.82, 2.24) is 4.98 Å². The Morgan fingerprint density at radius 1 is 1.67 bits per heavy atom.